The number of hydrogen-bond acceptors (Lipinski definition) is 9. The predicted molar refractivity (Wildman–Crippen MR) is 157 cm³/mol. The van der Waals surface area contributed by atoms with Gasteiger partial charge >= 0.3 is 7.12 Å². The van der Waals surface area contributed by atoms with Crippen LogP contribution in [0.3, 0.4) is 0 Å². The van der Waals surface area contributed by atoms with Crippen molar-refractivity contribution >= 4 is 42.0 Å². The molecule has 2 aromatic heterocycles. The zero-order chi connectivity index (χ0) is 30.2. The molecule has 1 aliphatic carbocycles. The zero-order valence-corrected chi connectivity index (χ0v) is 23.5. The Morgan fingerprint density at radius 1 is 1.16 bits per heavy atom. The van der Waals surface area contributed by atoms with Gasteiger partial charge in [-0.1, -0.05) is 17.7 Å². The molecular formula is C31H30BN3O8. The number of benzene rings is 1. The van der Waals surface area contributed by atoms with E-state index in [0.717, 1.165) is 27.3 Å². The van der Waals surface area contributed by atoms with Gasteiger partial charge < -0.3 is 19.2 Å². The summed E-state index contributed by atoms with van der Waals surface area (Å²) >= 11 is 0. The van der Waals surface area contributed by atoms with Gasteiger partial charge in [0.1, 0.15) is 18.1 Å². The fourth-order valence-corrected chi connectivity index (χ4v) is 6.76. The van der Waals surface area contributed by atoms with Gasteiger partial charge in [-0.15, -0.1) is 0 Å². The maximum atomic E-state index is 13.8. The molecule has 43 heavy (non-hydrogen) atoms. The summed E-state index contributed by atoms with van der Waals surface area (Å²) in [7, 11) is -1.13. The molecule has 2 saturated heterocycles. The number of fused-ring (bicyclic) bond motifs is 3. The predicted octanol–water partition coefficient (Wildman–Crippen LogP) is 4.42. The van der Waals surface area contributed by atoms with E-state index < -0.39 is 41.8 Å². The van der Waals surface area contributed by atoms with Crippen LogP contribution >= 0.6 is 0 Å². The number of nitro benzene ring substituents is 1. The van der Waals surface area contributed by atoms with Crippen LogP contribution < -0.4 is 4.90 Å². The first-order valence-corrected chi connectivity index (χ1v) is 14.2. The first-order valence-electron chi connectivity index (χ1n) is 14.2. The Morgan fingerprint density at radius 2 is 2.00 bits per heavy atom. The van der Waals surface area contributed by atoms with E-state index >= 15 is 0 Å². The first-order chi connectivity index (χ1) is 20.7. The van der Waals surface area contributed by atoms with E-state index in [1.807, 2.05) is 31.2 Å². The average molecular weight is 583 g/mol. The zero-order valence-electron chi connectivity index (χ0n) is 23.5. The second-order valence-electron chi connectivity index (χ2n) is 11.2. The summed E-state index contributed by atoms with van der Waals surface area (Å²) in [6.07, 6.45) is 4.59. The highest BCUT2D eigenvalue weighted by Crippen LogP contribution is 2.51. The number of allylic oxidation sites excluding steroid dienone is 2. The number of carbonyl (C=O) groups is 2. The molecule has 0 spiro atoms. The SMILES string of the molecule is CC1=C2[C@@H](CC/C(=C/c3ccc(CO)o3)c3ccccn3)OB(O)C[C@@H]2[C@@H]2C(=O)N(c3cccc([N+](=O)[O-])c3)C(=O)[C@@H]2C1. The lowest BCUT2D eigenvalue weighted by molar-refractivity contribution is -0.384. The summed E-state index contributed by atoms with van der Waals surface area (Å²) in [5, 5.41) is 31.6. The van der Waals surface area contributed by atoms with Gasteiger partial charge in [-0.2, -0.15) is 0 Å². The van der Waals surface area contributed by atoms with Gasteiger partial charge in [0.15, 0.2) is 0 Å². The number of hydrogen-bond donors (Lipinski definition) is 2. The van der Waals surface area contributed by atoms with Gasteiger partial charge in [0.05, 0.1) is 34.2 Å². The van der Waals surface area contributed by atoms with Gasteiger partial charge in [-0.25, -0.2) is 4.90 Å². The molecule has 2 fully saturated rings. The Kier molecular flexibility index (Phi) is 7.82. The molecule has 11 nitrogen and oxygen atoms in total. The summed E-state index contributed by atoms with van der Waals surface area (Å²) < 4.78 is 11.7. The number of carbonyl (C=O) groups excluding carboxylic acids is 2. The smallest absolute Gasteiger partial charge is 0.455 e. The third kappa shape index (κ3) is 5.44. The van der Waals surface area contributed by atoms with Crippen LogP contribution in [-0.4, -0.2) is 45.1 Å². The topological polar surface area (TPSA) is 156 Å². The number of amides is 2. The molecule has 0 saturated carbocycles. The number of anilines is 1. The third-order valence-corrected chi connectivity index (χ3v) is 8.58. The van der Waals surface area contributed by atoms with E-state index in [1.54, 1.807) is 18.3 Å². The normalized spacial score (nSPS) is 23.9. The van der Waals surface area contributed by atoms with Crippen molar-refractivity contribution in [3.63, 3.8) is 0 Å². The standard InChI is InChI=1S/C31H30BN3O8/c1-18-13-24-29(31(38)34(30(24)37)20-5-4-6-21(15-20)35(40)41)25-16-32(39)43-27(28(18)25)11-8-19(26-7-2-3-12-33-26)14-22-9-10-23(17-36)42-22/h2-7,9-10,12,14-15,24-25,27,29,36,39H,8,11,13,16-17H2,1H3/b19-14-/t24-,25+,27-,29-/m1/s1. The maximum absolute atomic E-state index is 13.8. The van der Waals surface area contributed by atoms with Crippen molar-refractivity contribution < 1.29 is 33.7 Å². The number of aliphatic hydroxyl groups excluding tert-OH is 1. The second-order valence-corrected chi connectivity index (χ2v) is 11.2. The minimum atomic E-state index is -1.13. The quantitative estimate of drug-likeness (QED) is 0.129. The number of aromatic nitrogens is 1. The number of pyridine rings is 1. The minimum Gasteiger partial charge on any atom is -0.459 e. The molecular weight excluding hydrogens is 553 g/mol. The monoisotopic (exact) mass is 583 g/mol. The van der Waals surface area contributed by atoms with Gasteiger partial charge in [0.25, 0.3) is 5.69 Å². The molecule has 2 amide bonds. The van der Waals surface area contributed by atoms with Crippen LogP contribution in [0.2, 0.25) is 6.32 Å². The van der Waals surface area contributed by atoms with E-state index in [2.05, 4.69) is 4.98 Å². The number of imide groups is 1. The van der Waals surface area contributed by atoms with Crippen molar-refractivity contribution in [1.82, 2.24) is 4.98 Å². The number of non-ortho nitro benzene ring substituents is 1. The largest absolute Gasteiger partial charge is 0.459 e. The summed E-state index contributed by atoms with van der Waals surface area (Å²) in [5.74, 6) is -1.50. The molecule has 0 unspecified atom stereocenters. The minimum absolute atomic E-state index is 0.172. The molecule has 3 aromatic rings. The van der Waals surface area contributed by atoms with Crippen molar-refractivity contribution in [2.24, 2.45) is 17.8 Å². The van der Waals surface area contributed by atoms with Crippen molar-refractivity contribution in [2.45, 2.75) is 45.2 Å². The van der Waals surface area contributed by atoms with Gasteiger partial charge in [-0.05, 0) is 86.0 Å². The van der Waals surface area contributed by atoms with Crippen LogP contribution in [0, 0.1) is 27.9 Å². The summed E-state index contributed by atoms with van der Waals surface area (Å²) in [5.41, 5.74) is 3.46. The van der Waals surface area contributed by atoms with Crippen molar-refractivity contribution in [3.8, 4) is 0 Å². The molecule has 0 bridgehead atoms. The fraction of sp³-hybridized carbons (Fsp3) is 0.323. The van der Waals surface area contributed by atoms with Gasteiger partial charge in [-0.3, -0.25) is 24.7 Å². The lowest BCUT2D eigenvalue weighted by atomic mass is 9.58. The average Bonchev–Trinajstić information content (AvgIpc) is 3.56. The van der Waals surface area contributed by atoms with E-state index in [1.165, 1.54) is 24.3 Å². The molecule has 6 rings (SSSR count). The summed E-state index contributed by atoms with van der Waals surface area (Å²) in [6.45, 7) is 1.73. The molecule has 4 atom stereocenters. The highest BCUT2D eigenvalue weighted by atomic mass is 16.6. The Bertz CT molecular complexity index is 1630. The summed E-state index contributed by atoms with van der Waals surface area (Å²) in [4.78, 5) is 43.8. The molecule has 1 aromatic carbocycles. The molecule has 2 aliphatic heterocycles. The lowest BCUT2D eigenvalue weighted by Crippen LogP contribution is -2.46. The summed E-state index contributed by atoms with van der Waals surface area (Å²) in [6, 6.07) is 14.6. The van der Waals surface area contributed by atoms with Gasteiger partial charge in [0.2, 0.25) is 11.8 Å². The Morgan fingerprint density at radius 3 is 2.72 bits per heavy atom. The number of nitro groups is 1. The number of nitrogens with zero attached hydrogens (tertiary/aromatic N) is 3. The molecule has 4 heterocycles. The van der Waals surface area contributed by atoms with Crippen LogP contribution in [0.15, 0.2) is 76.4 Å². The highest BCUT2D eigenvalue weighted by molar-refractivity contribution is 6.43. The van der Waals surface area contributed by atoms with E-state index in [4.69, 9.17) is 9.07 Å². The second kappa shape index (κ2) is 11.7. The van der Waals surface area contributed by atoms with E-state index in [9.17, 15) is 29.8 Å². The first kappa shape index (κ1) is 28.7. The lowest BCUT2D eigenvalue weighted by Gasteiger charge is -2.42. The third-order valence-electron chi connectivity index (χ3n) is 8.58. The van der Waals surface area contributed by atoms with Crippen LogP contribution in [0.5, 0.6) is 0 Å². The van der Waals surface area contributed by atoms with Gasteiger partial charge in [0, 0.05) is 18.3 Å². The Hall–Kier alpha value is -4.39. The molecule has 12 heteroatoms. The maximum Gasteiger partial charge on any atom is 0.455 e. The van der Waals surface area contributed by atoms with E-state index in [0.29, 0.717) is 30.8 Å². The van der Waals surface area contributed by atoms with Crippen LogP contribution in [0.1, 0.15) is 43.4 Å². The fourth-order valence-electron chi connectivity index (χ4n) is 6.76. The molecule has 2 N–H and O–H groups in total. The Labute approximate surface area is 247 Å². The number of aliphatic hydroxyl groups is 1. The van der Waals surface area contributed by atoms with Crippen LogP contribution in [0.4, 0.5) is 11.4 Å². The van der Waals surface area contributed by atoms with Crippen LogP contribution in [0.25, 0.3) is 11.6 Å². The van der Waals surface area contributed by atoms with Crippen LogP contribution in [-0.2, 0) is 20.9 Å². The number of rotatable bonds is 8. The van der Waals surface area contributed by atoms with E-state index in [-0.39, 0.29) is 30.2 Å². The number of furan rings is 1. The van der Waals surface area contributed by atoms with Crippen molar-refractivity contribution in [1.29, 1.82) is 0 Å². The molecule has 3 aliphatic rings. The Balaban J connectivity index is 1.28. The van der Waals surface area contributed by atoms with Crippen molar-refractivity contribution in [2.75, 3.05) is 4.90 Å². The molecule has 0 radical (unpaired) electrons. The van der Waals surface area contributed by atoms with Crippen molar-refractivity contribution in [3.05, 3.63) is 99.3 Å². The highest BCUT2D eigenvalue weighted by Gasteiger charge is 2.57. The molecule has 220 valence electrons.